The second-order valence-corrected chi connectivity index (χ2v) is 4.47. The van der Waals surface area contributed by atoms with E-state index in [1.54, 1.807) is 0 Å². The standard InChI is InChI=1S/C14H17NO3/c1-10(6-7-16)8-15-14(17)12-9-18-13-5-3-2-4-11(12)13/h2-5,9-10,16H,6-8H2,1H3,(H,15,17). The predicted octanol–water partition coefficient (Wildman–Crippen LogP) is 2.18. The highest BCUT2D eigenvalue weighted by atomic mass is 16.3. The van der Waals surface area contributed by atoms with Crippen LogP contribution in [0.2, 0.25) is 0 Å². The molecule has 0 fully saturated rings. The Kier molecular flexibility index (Phi) is 3.99. The number of nitrogens with one attached hydrogen (secondary N) is 1. The van der Waals surface area contributed by atoms with Crippen LogP contribution in [0.4, 0.5) is 0 Å². The Bertz CT molecular complexity index is 533. The molecule has 0 saturated heterocycles. The Hall–Kier alpha value is -1.81. The minimum absolute atomic E-state index is 0.135. The molecule has 4 nitrogen and oxygen atoms in total. The molecule has 1 aromatic carbocycles. The Morgan fingerprint density at radius 1 is 1.44 bits per heavy atom. The fourth-order valence-corrected chi connectivity index (χ4v) is 1.84. The zero-order valence-corrected chi connectivity index (χ0v) is 10.3. The van der Waals surface area contributed by atoms with Crippen LogP contribution >= 0.6 is 0 Å². The summed E-state index contributed by atoms with van der Waals surface area (Å²) in [5.41, 5.74) is 1.27. The summed E-state index contributed by atoms with van der Waals surface area (Å²) in [6, 6.07) is 7.45. The van der Waals surface area contributed by atoms with Crippen LogP contribution in [0, 0.1) is 5.92 Å². The molecule has 96 valence electrons. The molecule has 0 radical (unpaired) electrons. The molecule has 2 N–H and O–H groups in total. The molecule has 2 rings (SSSR count). The molecule has 2 aromatic rings. The Morgan fingerprint density at radius 2 is 2.22 bits per heavy atom. The molecular formula is C14H17NO3. The summed E-state index contributed by atoms with van der Waals surface area (Å²) in [7, 11) is 0. The number of hydrogen-bond acceptors (Lipinski definition) is 3. The highest BCUT2D eigenvalue weighted by Gasteiger charge is 2.13. The first-order chi connectivity index (χ1) is 8.72. The number of furan rings is 1. The van der Waals surface area contributed by atoms with Crippen LogP contribution in [-0.2, 0) is 0 Å². The van der Waals surface area contributed by atoms with Crippen molar-refractivity contribution < 1.29 is 14.3 Å². The van der Waals surface area contributed by atoms with E-state index in [4.69, 9.17) is 9.52 Å². The molecule has 4 heteroatoms. The summed E-state index contributed by atoms with van der Waals surface area (Å²) in [4.78, 5) is 12.0. The lowest BCUT2D eigenvalue weighted by atomic mass is 10.1. The molecule has 0 aliphatic heterocycles. The highest BCUT2D eigenvalue weighted by Crippen LogP contribution is 2.20. The molecular weight excluding hydrogens is 230 g/mol. The van der Waals surface area contributed by atoms with E-state index in [1.165, 1.54) is 6.26 Å². The number of amides is 1. The third kappa shape index (κ3) is 2.71. The van der Waals surface area contributed by atoms with Gasteiger partial charge in [0.05, 0.1) is 5.56 Å². The Labute approximate surface area is 106 Å². The monoisotopic (exact) mass is 247 g/mol. The van der Waals surface area contributed by atoms with E-state index in [2.05, 4.69) is 5.32 Å². The van der Waals surface area contributed by atoms with Gasteiger partial charge in [0.15, 0.2) is 0 Å². The summed E-state index contributed by atoms with van der Waals surface area (Å²) in [6.45, 7) is 2.69. The Morgan fingerprint density at radius 3 is 3.00 bits per heavy atom. The second-order valence-electron chi connectivity index (χ2n) is 4.47. The van der Waals surface area contributed by atoms with Gasteiger partial charge in [0.1, 0.15) is 11.8 Å². The normalized spacial score (nSPS) is 12.6. The van der Waals surface area contributed by atoms with Gasteiger partial charge in [-0.05, 0) is 18.4 Å². The molecule has 0 bridgehead atoms. The molecule has 1 atom stereocenters. The van der Waals surface area contributed by atoms with Gasteiger partial charge in [-0.2, -0.15) is 0 Å². The van der Waals surface area contributed by atoms with E-state index in [9.17, 15) is 4.79 Å². The van der Waals surface area contributed by atoms with Crippen molar-refractivity contribution in [2.75, 3.05) is 13.2 Å². The van der Waals surface area contributed by atoms with Gasteiger partial charge in [-0.25, -0.2) is 0 Å². The summed E-state index contributed by atoms with van der Waals surface area (Å²) >= 11 is 0. The zero-order valence-electron chi connectivity index (χ0n) is 10.3. The van der Waals surface area contributed by atoms with Gasteiger partial charge < -0.3 is 14.8 Å². The first kappa shape index (κ1) is 12.6. The van der Waals surface area contributed by atoms with Gasteiger partial charge in [0.2, 0.25) is 0 Å². The van der Waals surface area contributed by atoms with Crippen molar-refractivity contribution in [2.45, 2.75) is 13.3 Å². The highest BCUT2D eigenvalue weighted by molar-refractivity contribution is 6.05. The fourth-order valence-electron chi connectivity index (χ4n) is 1.84. The quantitative estimate of drug-likeness (QED) is 0.851. The number of rotatable bonds is 5. The molecule has 0 saturated carbocycles. The summed E-state index contributed by atoms with van der Waals surface area (Å²) < 4.78 is 5.32. The zero-order chi connectivity index (χ0) is 13.0. The van der Waals surface area contributed by atoms with Crippen molar-refractivity contribution in [3.8, 4) is 0 Å². The number of carbonyl (C=O) groups excluding carboxylic acids is 1. The van der Waals surface area contributed by atoms with Crippen LogP contribution in [0.3, 0.4) is 0 Å². The minimum atomic E-state index is -0.135. The topological polar surface area (TPSA) is 62.5 Å². The molecule has 0 aliphatic rings. The SMILES string of the molecule is CC(CCO)CNC(=O)c1coc2ccccc12. The maximum Gasteiger partial charge on any atom is 0.255 e. The molecule has 1 unspecified atom stereocenters. The van der Waals surface area contributed by atoms with Gasteiger partial charge in [0.25, 0.3) is 5.91 Å². The molecule has 18 heavy (non-hydrogen) atoms. The first-order valence-electron chi connectivity index (χ1n) is 6.07. The third-order valence-corrected chi connectivity index (χ3v) is 2.96. The maximum atomic E-state index is 12.0. The summed E-state index contributed by atoms with van der Waals surface area (Å²) in [5, 5.41) is 12.5. The van der Waals surface area contributed by atoms with Gasteiger partial charge in [-0.1, -0.05) is 25.1 Å². The number of benzene rings is 1. The van der Waals surface area contributed by atoms with Gasteiger partial charge in [-0.15, -0.1) is 0 Å². The molecule has 1 aromatic heterocycles. The van der Waals surface area contributed by atoms with Crippen molar-refractivity contribution in [3.05, 3.63) is 36.1 Å². The lowest BCUT2D eigenvalue weighted by Gasteiger charge is -2.10. The van der Waals surface area contributed by atoms with Crippen molar-refractivity contribution in [1.82, 2.24) is 5.32 Å². The largest absolute Gasteiger partial charge is 0.463 e. The lowest BCUT2D eigenvalue weighted by Crippen LogP contribution is -2.28. The molecule has 0 spiro atoms. The van der Waals surface area contributed by atoms with E-state index in [0.29, 0.717) is 24.1 Å². The van der Waals surface area contributed by atoms with Crippen molar-refractivity contribution in [3.63, 3.8) is 0 Å². The number of carbonyl (C=O) groups is 1. The number of para-hydroxylation sites is 1. The average Bonchev–Trinajstić information content (AvgIpc) is 2.80. The first-order valence-corrected chi connectivity index (χ1v) is 6.07. The average molecular weight is 247 g/mol. The third-order valence-electron chi connectivity index (χ3n) is 2.96. The van der Waals surface area contributed by atoms with Gasteiger partial charge in [-0.3, -0.25) is 4.79 Å². The fraction of sp³-hybridized carbons (Fsp3) is 0.357. The van der Waals surface area contributed by atoms with E-state index in [0.717, 1.165) is 5.39 Å². The van der Waals surface area contributed by atoms with Crippen LogP contribution in [0.5, 0.6) is 0 Å². The van der Waals surface area contributed by atoms with Crippen molar-refractivity contribution in [1.29, 1.82) is 0 Å². The minimum Gasteiger partial charge on any atom is -0.463 e. The molecule has 1 heterocycles. The lowest BCUT2D eigenvalue weighted by molar-refractivity contribution is 0.0946. The van der Waals surface area contributed by atoms with E-state index >= 15 is 0 Å². The van der Waals surface area contributed by atoms with Crippen molar-refractivity contribution in [2.24, 2.45) is 5.92 Å². The second kappa shape index (κ2) is 5.69. The predicted molar refractivity (Wildman–Crippen MR) is 69.4 cm³/mol. The van der Waals surface area contributed by atoms with Crippen LogP contribution in [0.25, 0.3) is 11.0 Å². The van der Waals surface area contributed by atoms with Crippen LogP contribution in [0.15, 0.2) is 34.9 Å². The van der Waals surface area contributed by atoms with Crippen LogP contribution < -0.4 is 5.32 Å². The maximum absolute atomic E-state index is 12.0. The molecule has 1 amide bonds. The van der Waals surface area contributed by atoms with Crippen LogP contribution in [-0.4, -0.2) is 24.2 Å². The van der Waals surface area contributed by atoms with Gasteiger partial charge in [0, 0.05) is 18.5 Å². The number of aliphatic hydroxyl groups excluding tert-OH is 1. The van der Waals surface area contributed by atoms with E-state index in [1.807, 2.05) is 31.2 Å². The summed E-state index contributed by atoms with van der Waals surface area (Å²) in [5.74, 6) is 0.127. The van der Waals surface area contributed by atoms with Gasteiger partial charge >= 0.3 is 0 Å². The van der Waals surface area contributed by atoms with E-state index in [-0.39, 0.29) is 18.4 Å². The van der Waals surface area contributed by atoms with Crippen molar-refractivity contribution >= 4 is 16.9 Å². The number of aliphatic hydroxyl groups is 1. The number of hydrogen-bond donors (Lipinski definition) is 2. The summed E-state index contributed by atoms with van der Waals surface area (Å²) in [6.07, 6.45) is 2.17. The number of fused-ring (bicyclic) bond motifs is 1. The van der Waals surface area contributed by atoms with Crippen LogP contribution in [0.1, 0.15) is 23.7 Å². The Balaban J connectivity index is 2.05. The molecule has 0 aliphatic carbocycles. The van der Waals surface area contributed by atoms with E-state index < -0.39 is 0 Å². The smallest absolute Gasteiger partial charge is 0.255 e.